The molecule has 116 valence electrons. The zero-order valence-corrected chi connectivity index (χ0v) is 12.5. The number of carbonyl (C=O) groups excluding carboxylic acids is 2. The molecule has 1 saturated heterocycles. The van der Waals surface area contributed by atoms with Crippen molar-refractivity contribution in [2.75, 3.05) is 32.7 Å². The van der Waals surface area contributed by atoms with Gasteiger partial charge in [0, 0.05) is 51.5 Å². The molecule has 0 aromatic carbocycles. The normalized spacial score (nSPS) is 16.7. The fourth-order valence-corrected chi connectivity index (χ4v) is 2.33. The molecule has 0 aliphatic carbocycles. The standard InChI is InChI=1S/C13H22N6O2/c1-3-15-13(21)19-6-4-18(5-7-19)12(20)11(14)10-8-16-17(2)9-10/h8-9,11H,3-7,14H2,1-2H3,(H,15,21). The first-order chi connectivity index (χ1) is 10.0. The maximum absolute atomic E-state index is 12.4. The first kappa shape index (κ1) is 15.3. The molecule has 3 amide bonds. The average Bonchev–Trinajstić information content (AvgIpc) is 2.92. The lowest BCUT2D eigenvalue weighted by Gasteiger charge is -2.35. The molecule has 8 heteroatoms. The van der Waals surface area contributed by atoms with Gasteiger partial charge in [-0.25, -0.2) is 4.79 Å². The van der Waals surface area contributed by atoms with E-state index in [2.05, 4.69) is 10.4 Å². The summed E-state index contributed by atoms with van der Waals surface area (Å²) in [5.41, 5.74) is 6.69. The largest absolute Gasteiger partial charge is 0.338 e. The SMILES string of the molecule is CCNC(=O)N1CCN(C(=O)C(N)c2cnn(C)c2)CC1. The molecule has 3 N–H and O–H groups in total. The Morgan fingerprint density at radius 1 is 1.33 bits per heavy atom. The van der Waals surface area contributed by atoms with E-state index < -0.39 is 6.04 Å². The van der Waals surface area contributed by atoms with Crippen LogP contribution in [0.5, 0.6) is 0 Å². The van der Waals surface area contributed by atoms with Crippen molar-refractivity contribution >= 4 is 11.9 Å². The Hall–Kier alpha value is -2.09. The first-order valence-electron chi connectivity index (χ1n) is 7.08. The van der Waals surface area contributed by atoms with Gasteiger partial charge < -0.3 is 20.9 Å². The summed E-state index contributed by atoms with van der Waals surface area (Å²) in [7, 11) is 1.78. The number of hydrogen-bond donors (Lipinski definition) is 2. The molecule has 8 nitrogen and oxygen atoms in total. The molecule has 0 bridgehead atoms. The summed E-state index contributed by atoms with van der Waals surface area (Å²) in [6, 6.07) is -0.782. The number of aromatic nitrogens is 2. The van der Waals surface area contributed by atoms with Crippen molar-refractivity contribution in [3.05, 3.63) is 18.0 Å². The van der Waals surface area contributed by atoms with Crippen LogP contribution >= 0.6 is 0 Å². The van der Waals surface area contributed by atoms with E-state index >= 15 is 0 Å². The smallest absolute Gasteiger partial charge is 0.317 e. The number of nitrogens with zero attached hydrogens (tertiary/aromatic N) is 4. The highest BCUT2D eigenvalue weighted by Gasteiger charge is 2.28. The van der Waals surface area contributed by atoms with Crippen molar-refractivity contribution in [3.8, 4) is 0 Å². The molecule has 0 spiro atoms. The first-order valence-corrected chi connectivity index (χ1v) is 7.08. The van der Waals surface area contributed by atoms with Crippen molar-refractivity contribution in [1.29, 1.82) is 0 Å². The Morgan fingerprint density at radius 2 is 1.95 bits per heavy atom. The van der Waals surface area contributed by atoms with E-state index in [1.54, 1.807) is 33.9 Å². The van der Waals surface area contributed by atoms with Crippen molar-refractivity contribution < 1.29 is 9.59 Å². The Bertz CT molecular complexity index is 507. The minimum Gasteiger partial charge on any atom is -0.338 e. The molecule has 1 unspecified atom stereocenters. The van der Waals surface area contributed by atoms with Crippen LogP contribution in [-0.4, -0.2) is 64.2 Å². The van der Waals surface area contributed by atoms with Crippen molar-refractivity contribution in [2.45, 2.75) is 13.0 Å². The maximum atomic E-state index is 12.4. The molecule has 1 aliphatic heterocycles. The minimum absolute atomic E-state index is 0.0823. The molecule has 21 heavy (non-hydrogen) atoms. The van der Waals surface area contributed by atoms with E-state index in [9.17, 15) is 9.59 Å². The Morgan fingerprint density at radius 3 is 2.48 bits per heavy atom. The number of piperazine rings is 1. The molecular formula is C13H22N6O2. The number of aryl methyl sites for hydroxylation is 1. The summed E-state index contributed by atoms with van der Waals surface area (Å²) in [4.78, 5) is 27.5. The van der Waals surface area contributed by atoms with Crippen molar-refractivity contribution in [3.63, 3.8) is 0 Å². The van der Waals surface area contributed by atoms with Gasteiger partial charge in [-0.2, -0.15) is 5.10 Å². The zero-order valence-electron chi connectivity index (χ0n) is 12.5. The van der Waals surface area contributed by atoms with Crippen LogP contribution in [0.1, 0.15) is 18.5 Å². The number of rotatable bonds is 3. The number of urea groups is 1. The molecule has 1 fully saturated rings. The van der Waals surface area contributed by atoms with Crippen LogP contribution in [0.4, 0.5) is 4.79 Å². The van der Waals surface area contributed by atoms with Gasteiger partial charge in [0.1, 0.15) is 6.04 Å². The molecule has 0 radical (unpaired) electrons. The highest BCUT2D eigenvalue weighted by Crippen LogP contribution is 2.14. The third-order valence-corrected chi connectivity index (χ3v) is 3.56. The van der Waals surface area contributed by atoms with Gasteiger partial charge in [0.05, 0.1) is 6.20 Å². The molecule has 1 aromatic rings. The summed E-state index contributed by atoms with van der Waals surface area (Å²) >= 11 is 0. The minimum atomic E-state index is -0.699. The van der Waals surface area contributed by atoms with E-state index in [0.717, 1.165) is 0 Å². The summed E-state index contributed by atoms with van der Waals surface area (Å²) in [5.74, 6) is -0.126. The fraction of sp³-hybridized carbons (Fsp3) is 0.615. The van der Waals surface area contributed by atoms with Gasteiger partial charge in [0.15, 0.2) is 0 Å². The molecular weight excluding hydrogens is 272 g/mol. The molecule has 0 saturated carbocycles. The second-order valence-corrected chi connectivity index (χ2v) is 5.07. The highest BCUT2D eigenvalue weighted by atomic mass is 16.2. The topological polar surface area (TPSA) is 96.5 Å². The summed E-state index contributed by atoms with van der Waals surface area (Å²) in [6.45, 7) is 4.54. The van der Waals surface area contributed by atoms with Gasteiger partial charge in [-0.15, -0.1) is 0 Å². The number of hydrogen-bond acceptors (Lipinski definition) is 4. The third kappa shape index (κ3) is 3.52. The summed E-state index contributed by atoms with van der Waals surface area (Å²) in [6.07, 6.45) is 3.35. The second-order valence-electron chi connectivity index (χ2n) is 5.07. The lowest BCUT2D eigenvalue weighted by Crippen LogP contribution is -2.54. The second kappa shape index (κ2) is 6.57. The van der Waals surface area contributed by atoms with Crippen LogP contribution in [0.3, 0.4) is 0 Å². The molecule has 1 atom stereocenters. The number of nitrogens with one attached hydrogen (secondary N) is 1. The summed E-state index contributed by atoms with van der Waals surface area (Å²) in [5, 5.41) is 6.78. The predicted octanol–water partition coefficient (Wildman–Crippen LogP) is -0.706. The average molecular weight is 294 g/mol. The van der Waals surface area contributed by atoms with Gasteiger partial charge in [0.2, 0.25) is 5.91 Å². The Kier molecular flexibility index (Phi) is 4.79. The lowest BCUT2D eigenvalue weighted by atomic mass is 10.1. The molecule has 1 aliphatic rings. The zero-order chi connectivity index (χ0) is 15.4. The van der Waals surface area contributed by atoms with Gasteiger partial charge in [0.25, 0.3) is 0 Å². The highest BCUT2D eigenvalue weighted by molar-refractivity contribution is 5.83. The van der Waals surface area contributed by atoms with E-state index in [0.29, 0.717) is 38.3 Å². The Balaban J connectivity index is 1.89. The van der Waals surface area contributed by atoms with Gasteiger partial charge in [-0.1, -0.05) is 0 Å². The number of nitrogens with two attached hydrogens (primary N) is 1. The molecule has 2 rings (SSSR count). The number of carbonyl (C=O) groups is 2. The van der Waals surface area contributed by atoms with Gasteiger partial charge in [-0.3, -0.25) is 9.48 Å². The van der Waals surface area contributed by atoms with Crippen LogP contribution in [0, 0.1) is 0 Å². The quantitative estimate of drug-likeness (QED) is 0.770. The summed E-state index contributed by atoms with van der Waals surface area (Å²) < 4.78 is 1.62. The van der Waals surface area contributed by atoms with E-state index in [4.69, 9.17) is 5.73 Å². The van der Waals surface area contributed by atoms with Crippen molar-refractivity contribution in [1.82, 2.24) is 24.9 Å². The monoisotopic (exact) mass is 294 g/mol. The molecule has 2 heterocycles. The van der Waals surface area contributed by atoms with Gasteiger partial charge in [-0.05, 0) is 6.92 Å². The molecule has 1 aromatic heterocycles. The maximum Gasteiger partial charge on any atom is 0.317 e. The van der Waals surface area contributed by atoms with E-state index in [-0.39, 0.29) is 11.9 Å². The third-order valence-electron chi connectivity index (χ3n) is 3.56. The van der Waals surface area contributed by atoms with E-state index in [1.807, 2.05) is 6.92 Å². The van der Waals surface area contributed by atoms with Crippen LogP contribution in [0.2, 0.25) is 0 Å². The van der Waals surface area contributed by atoms with Crippen LogP contribution < -0.4 is 11.1 Å². The predicted molar refractivity (Wildman–Crippen MR) is 77.4 cm³/mol. The van der Waals surface area contributed by atoms with E-state index in [1.165, 1.54) is 0 Å². The Labute approximate surface area is 123 Å². The van der Waals surface area contributed by atoms with Crippen LogP contribution in [-0.2, 0) is 11.8 Å². The van der Waals surface area contributed by atoms with Crippen molar-refractivity contribution in [2.24, 2.45) is 12.8 Å². The number of amides is 3. The lowest BCUT2D eigenvalue weighted by molar-refractivity contribution is -0.134. The van der Waals surface area contributed by atoms with Gasteiger partial charge >= 0.3 is 6.03 Å². The van der Waals surface area contributed by atoms with Crippen LogP contribution in [0.25, 0.3) is 0 Å². The fourth-order valence-electron chi connectivity index (χ4n) is 2.33. The van der Waals surface area contributed by atoms with Crippen LogP contribution in [0.15, 0.2) is 12.4 Å².